The van der Waals surface area contributed by atoms with Crippen LogP contribution in [0.4, 0.5) is 5.82 Å². The third-order valence-electron chi connectivity index (χ3n) is 1.89. The standard InChI is InChI=1S/C11H15N3/c1-9(2)6-7-13-11-5-3-4-10(8-12)14-11/h3-5,9H,6-7H2,1-2H3,(H,13,14). The third kappa shape index (κ3) is 3.44. The molecule has 74 valence electrons. The lowest BCUT2D eigenvalue weighted by Gasteiger charge is -2.07. The SMILES string of the molecule is CC(C)CCNc1cccc(C#N)n1. The molecule has 0 atom stereocenters. The molecule has 0 fully saturated rings. The van der Waals surface area contributed by atoms with Crippen LogP contribution in [0.15, 0.2) is 18.2 Å². The summed E-state index contributed by atoms with van der Waals surface area (Å²) < 4.78 is 0. The Balaban J connectivity index is 2.47. The molecule has 0 spiro atoms. The molecule has 0 amide bonds. The van der Waals surface area contributed by atoms with E-state index in [0.29, 0.717) is 11.6 Å². The second kappa shape index (κ2) is 5.23. The van der Waals surface area contributed by atoms with Crippen LogP contribution in [0.25, 0.3) is 0 Å². The van der Waals surface area contributed by atoms with Crippen LogP contribution in [-0.2, 0) is 0 Å². The van der Waals surface area contributed by atoms with Crippen LogP contribution in [-0.4, -0.2) is 11.5 Å². The smallest absolute Gasteiger partial charge is 0.142 e. The van der Waals surface area contributed by atoms with E-state index >= 15 is 0 Å². The number of hydrogen-bond acceptors (Lipinski definition) is 3. The van der Waals surface area contributed by atoms with Crippen LogP contribution in [0.5, 0.6) is 0 Å². The molecular formula is C11H15N3. The average molecular weight is 189 g/mol. The van der Waals surface area contributed by atoms with E-state index < -0.39 is 0 Å². The molecule has 0 saturated heterocycles. The van der Waals surface area contributed by atoms with E-state index in [-0.39, 0.29) is 0 Å². The number of nitrogens with zero attached hydrogens (tertiary/aromatic N) is 2. The zero-order valence-corrected chi connectivity index (χ0v) is 8.62. The lowest BCUT2D eigenvalue weighted by atomic mass is 10.1. The van der Waals surface area contributed by atoms with Crippen molar-refractivity contribution < 1.29 is 0 Å². The molecule has 0 saturated carbocycles. The highest BCUT2D eigenvalue weighted by atomic mass is 15.0. The van der Waals surface area contributed by atoms with Gasteiger partial charge in [-0.25, -0.2) is 4.98 Å². The second-order valence-corrected chi connectivity index (χ2v) is 3.63. The Kier molecular flexibility index (Phi) is 3.93. The van der Waals surface area contributed by atoms with Gasteiger partial charge in [0.05, 0.1) is 0 Å². The number of anilines is 1. The van der Waals surface area contributed by atoms with Gasteiger partial charge in [-0.1, -0.05) is 19.9 Å². The molecule has 0 aliphatic carbocycles. The molecule has 1 heterocycles. The highest BCUT2D eigenvalue weighted by Crippen LogP contribution is 2.05. The summed E-state index contributed by atoms with van der Waals surface area (Å²) >= 11 is 0. The maximum Gasteiger partial charge on any atom is 0.142 e. The van der Waals surface area contributed by atoms with Crippen LogP contribution in [0.2, 0.25) is 0 Å². The molecule has 14 heavy (non-hydrogen) atoms. The Bertz CT molecular complexity index is 326. The Morgan fingerprint density at radius 3 is 2.93 bits per heavy atom. The van der Waals surface area contributed by atoms with Gasteiger partial charge < -0.3 is 5.32 Å². The molecular weight excluding hydrogens is 174 g/mol. The number of rotatable bonds is 4. The van der Waals surface area contributed by atoms with Gasteiger partial charge in [0.2, 0.25) is 0 Å². The van der Waals surface area contributed by atoms with Crippen molar-refractivity contribution >= 4 is 5.82 Å². The molecule has 0 radical (unpaired) electrons. The molecule has 0 aliphatic rings. The number of pyridine rings is 1. The van der Waals surface area contributed by atoms with E-state index in [4.69, 9.17) is 5.26 Å². The highest BCUT2D eigenvalue weighted by Gasteiger charge is 1.97. The summed E-state index contributed by atoms with van der Waals surface area (Å²) in [4.78, 5) is 4.12. The first kappa shape index (κ1) is 10.5. The van der Waals surface area contributed by atoms with Crippen LogP contribution in [0.3, 0.4) is 0 Å². The summed E-state index contributed by atoms with van der Waals surface area (Å²) in [6, 6.07) is 7.43. The summed E-state index contributed by atoms with van der Waals surface area (Å²) in [6.45, 7) is 5.27. The number of aromatic nitrogens is 1. The molecule has 0 aliphatic heterocycles. The van der Waals surface area contributed by atoms with E-state index in [2.05, 4.69) is 24.1 Å². The van der Waals surface area contributed by atoms with Gasteiger partial charge in [0.15, 0.2) is 0 Å². The summed E-state index contributed by atoms with van der Waals surface area (Å²) in [6.07, 6.45) is 1.11. The van der Waals surface area contributed by atoms with Crippen molar-refractivity contribution in [2.24, 2.45) is 5.92 Å². The van der Waals surface area contributed by atoms with Gasteiger partial charge in [-0.2, -0.15) is 5.26 Å². The van der Waals surface area contributed by atoms with E-state index in [1.54, 1.807) is 6.07 Å². The zero-order valence-electron chi connectivity index (χ0n) is 8.62. The van der Waals surface area contributed by atoms with Gasteiger partial charge in [0.1, 0.15) is 17.6 Å². The van der Waals surface area contributed by atoms with Crippen LogP contribution < -0.4 is 5.32 Å². The fourth-order valence-corrected chi connectivity index (χ4v) is 1.08. The Labute approximate surface area is 84.8 Å². The first-order valence-electron chi connectivity index (χ1n) is 4.83. The predicted molar refractivity (Wildman–Crippen MR) is 56.9 cm³/mol. The molecule has 3 nitrogen and oxygen atoms in total. The molecule has 3 heteroatoms. The van der Waals surface area contributed by atoms with E-state index in [1.807, 2.05) is 18.2 Å². The van der Waals surface area contributed by atoms with Gasteiger partial charge in [-0.3, -0.25) is 0 Å². The fraction of sp³-hybridized carbons (Fsp3) is 0.455. The van der Waals surface area contributed by atoms with Gasteiger partial charge in [0.25, 0.3) is 0 Å². The number of hydrogen-bond donors (Lipinski definition) is 1. The maximum atomic E-state index is 8.64. The number of nitriles is 1. The Morgan fingerprint density at radius 2 is 2.29 bits per heavy atom. The first-order valence-corrected chi connectivity index (χ1v) is 4.83. The largest absolute Gasteiger partial charge is 0.370 e. The van der Waals surface area contributed by atoms with Gasteiger partial charge in [0, 0.05) is 6.54 Å². The fourth-order valence-electron chi connectivity index (χ4n) is 1.08. The molecule has 1 N–H and O–H groups in total. The van der Waals surface area contributed by atoms with Gasteiger partial charge >= 0.3 is 0 Å². The minimum absolute atomic E-state index is 0.458. The number of nitrogens with one attached hydrogen (secondary N) is 1. The van der Waals surface area contributed by atoms with Crippen molar-refractivity contribution in [2.45, 2.75) is 20.3 Å². The topological polar surface area (TPSA) is 48.7 Å². The normalized spacial score (nSPS) is 9.86. The van der Waals surface area contributed by atoms with Crippen LogP contribution in [0, 0.1) is 17.2 Å². The van der Waals surface area contributed by atoms with Crippen molar-refractivity contribution in [1.29, 1.82) is 5.26 Å². The Morgan fingerprint density at radius 1 is 1.50 bits per heavy atom. The van der Waals surface area contributed by atoms with Crippen molar-refractivity contribution in [2.75, 3.05) is 11.9 Å². The molecule has 0 aromatic carbocycles. The van der Waals surface area contributed by atoms with E-state index in [0.717, 1.165) is 18.8 Å². The zero-order chi connectivity index (χ0) is 10.4. The maximum absolute atomic E-state index is 8.64. The molecule has 1 rings (SSSR count). The van der Waals surface area contributed by atoms with Crippen LogP contribution in [0.1, 0.15) is 26.0 Å². The second-order valence-electron chi connectivity index (χ2n) is 3.63. The summed E-state index contributed by atoms with van der Waals surface area (Å²) in [5, 5.41) is 11.8. The van der Waals surface area contributed by atoms with Crippen molar-refractivity contribution in [3.05, 3.63) is 23.9 Å². The molecule has 0 bridgehead atoms. The average Bonchev–Trinajstić information content (AvgIpc) is 2.18. The minimum atomic E-state index is 0.458. The summed E-state index contributed by atoms with van der Waals surface area (Å²) in [7, 11) is 0. The first-order chi connectivity index (χ1) is 6.72. The molecule has 1 aromatic heterocycles. The highest BCUT2D eigenvalue weighted by molar-refractivity contribution is 5.38. The lowest BCUT2D eigenvalue weighted by Crippen LogP contribution is -2.06. The minimum Gasteiger partial charge on any atom is -0.370 e. The van der Waals surface area contributed by atoms with E-state index in [1.165, 1.54) is 0 Å². The summed E-state index contributed by atoms with van der Waals surface area (Å²) in [5.41, 5.74) is 0.458. The van der Waals surface area contributed by atoms with Gasteiger partial charge in [-0.15, -0.1) is 0 Å². The predicted octanol–water partition coefficient (Wildman–Crippen LogP) is 2.41. The van der Waals surface area contributed by atoms with E-state index in [9.17, 15) is 0 Å². The van der Waals surface area contributed by atoms with Crippen molar-refractivity contribution in [1.82, 2.24) is 4.98 Å². The lowest BCUT2D eigenvalue weighted by molar-refractivity contribution is 0.606. The monoisotopic (exact) mass is 189 g/mol. The molecule has 1 aromatic rings. The third-order valence-corrected chi connectivity index (χ3v) is 1.89. The van der Waals surface area contributed by atoms with Crippen molar-refractivity contribution in [3.63, 3.8) is 0 Å². The van der Waals surface area contributed by atoms with Crippen molar-refractivity contribution in [3.8, 4) is 6.07 Å². The summed E-state index contributed by atoms with van der Waals surface area (Å²) in [5.74, 6) is 1.46. The van der Waals surface area contributed by atoms with Crippen LogP contribution >= 0.6 is 0 Å². The quantitative estimate of drug-likeness (QED) is 0.791. The molecule has 0 unspecified atom stereocenters. The van der Waals surface area contributed by atoms with Gasteiger partial charge in [-0.05, 0) is 24.5 Å². The Hall–Kier alpha value is -1.56.